The van der Waals surface area contributed by atoms with E-state index in [1.54, 1.807) is 0 Å². The van der Waals surface area contributed by atoms with E-state index in [0.717, 1.165) is 44.9 Å². The first-order valence-electron chi connectivity index (χ1n) is 9.10. The number of rotatable bonds is 7. The summed E-state index contributed by atoms with van der Waals surface area (Å²) in [6.45, 7) is 0.887. The molecule has 3 rings (SSSR count). The highest BCUT2D eigenvalue weighted by Crippen LogP contribution is 2.21. The summed E-state index contributed by atoms with van der Waals surface area (Å²) in [6, 6.07) is 5.29. The van der Waals surface area contributed by atoms with Gasteiger partial charge in [-0.15, -0.1) is 0 Å². The minimum atomic E-state index is -3.68. The first kappa shape index (κ1) is 19.8. The minimum Gasteiger partial charge on any atom is -0.377 e. The molecule has 1 aliphatic carbocycles. The predicted octanol–water partition coefficient (Wildman–Crippen LogP) is 1.75. The molecule has 2 aliphatic rings. The van der Waals surface area contributed by atoms with Gasteiger partial charge in [0, 0.05) is 19.2 Å². The van der Waals surface area contributed by atoms with Crippen molar-refractivity contribution in [2.24, 2.45) is 0 Å². The molecule has 2 fully saturated rings. The standard InChI is InChI=1S/C17H26N2O5S2/c20-25(21,18-13-15-7-4-12-24-15)16-8-10-17(11-9-16)26(22,23)19-14-5-2-1-3-6-14/h8-11,14-15,18-19H,1-7,12-13H2. The average molecular weight is 403 g/mol. The lowest BCUT2D eigenvalue weighted by atomic mass is 9.96. The number of ether oxygens (including phenoxy) is 1. The van der Waals surface area contributed by atoms with Gasteiger partial charge in [0.2, 0.25) is 20.0 Å². The van der Waals surface area contributed by atoms with E-state index in [-0.39, 0.29) is 28.5 Å². The van der Waals surface area contributed by atoms with Gasteiger partial charge in [-0.05, 0) is 49.9 Å². The van der Waals surface area contributed by atoms with E-state index in [0.29, 0.717) is 6.61 Å². The van der Waals surface area contributed by atoms with E-state index in [4.69, 9.17) is 4.74 Å². The molecule has 0 radical (unpaired) electrons. The second kappa shape index (κ2) is 8.35. The van der Waals surface area contributed by atoms with Crippen LogP contribution in [0.15, 0.2) is 34.1 Å². The molecule has 2 N–H and O–H groups in total. The highest BCUT2D eigenvalue weighted by atomic mass is 32.2. The van der Waals surface area contributed by atoms with Gasteiger partial charge in [-0.3, -0.25) is 0 Å². The lowest BCUT2D eigenvalue weighted by molar-refractivity contribution is 0.114. The molecule has 7 nitrogen and oxygen atoms in total. The van der Waals surface area contributed by atoms with Gasteiger partial charge in [-0.2, -0.15) is 0 Å². The highest BCUT2D eigenvalue weighted by molar-refractivity contribution is 7.90. The van der Waals surface area contributed by atoms with Crippen LogP contribution in [0.5, 0.6) is 0 Å². The molecule has 1 atom stereocenters. The molecule has 1 aromatic carbocycles. The molecule has 0 bridgehead atoms. The van der Waals surface area contributed by atoms with Gasteiger partial charge in [0.05, 0.1) is 15.9 Å². The van der Waals surface area contributed by atoms with Gasteiger partial charge in [0.1, 0.15) is 0 Å². The van der Waals surface area contributed by atoms with Crippen LogP contribution in [0.2, 0.25) is 0 Å². The van der Waals surface area contributed by atoms with Crippen molar-refractivity contribution in [1.82, 2.24) is 9.44 Å². The fraction of sp³-hybridized carbons (Fsp3) is 0.647. The topological polar surface area (TPSA) is 102 Å². The minimum absolute atomic E-state index is 0.0368. The van der Waals surface area contributed by atoms with Crippen LogP contribution >= 0.6 is 0 Å². The molecule has 1 saturated carbocycles. The molecule has 9 heteroatoms. The van der Waals surface area contributed by atoms with Crippen LogP contribution in [-0.4, -0.2) is 42.1 Å². The van der Waals surface area contributed by atoms with Gasteiger partial charge >= 0.3 is 0 Å². The number of hydrogen-bond acceptors (Lipinski definition) is 5. The van der Waals surface area contributed by atoms with Crippen molar-refractivity contribution in [3.63, 3.8) is 0 Å². The van der Waals surface area contributed by atoms with Crippen LogP contribution < -0.4 is 9.44 Å². The molecule has 1 unspecified atom stereocenters. The maximum Gasteiger partial charge on any atom is 0.240 e. The largest absolute Gasteiger partial charge is 0.377 e. The number of benzene rings is 1. The molecule has 1 aromatic rings. The molecule has 0 amide bonds. The van der Waals surface area contributed by atoms with Gasteiger partial charge in [0.15, 0.2) is 0 Å². The zero-order valence-electron chi connectivity index (χ0n) is 14.7. The molecule has 1 aliphatic heterocycles. The van der Waals surface area contributed by atoms with Crippen LogP contribution in [0.25, 0.3) is 0 Å². The van der Waals surface area contributed by atoms with E-state index >= 15 is 0 Å². The van der Waals surface area contributed by atoms with Crippen molar-refractivity contribution in [3.05, 3.63) is 24.3 Å². The predicted molar refractivity (Wildman–Crippen MR) is 97.8 cm³/mol. The summed E-state index contributed by atoms with van der Waals surface area (Å²) in [4.78, 5) is 0.133. The summed E-state index contributed by atoms with van der Waals surface area (Å²) >= 11 is 0. The Balaban J connectivity index is 1.64. The van der Waals surface area contributed by atoms with Gasteiger partial charge < -0.3 is 4.74 Å². The molecule has 0 aromatic heterocycles. The zero-order valence-corrected chi connectivity index (χ0v) is 16.3. The van der Waals surface area contributed by atoms with E-state index < -0.39 is 20.0 Å². The molecular weight excluding hydrogens is 376 g/mol. The maximum absolute atomic E-state index is 12.5. The molecule has 0 spiro atoms. The third-order valence-electron chi connectivity index (χ3n) is 4.90. The van der Waals surface area contributed by atoms with E-state index in [2.05, 4.69) is 9.44 Å². The lowest BCUT2D eigenvalue weighted by Gasteiger charge is -2.22. The quantitative estimate of drug-likeness (QED) is 0.724. The van der Waals surface area contributed by atoms with Crippen molar-refractivity contribution in [3.8, 4) is 0 Å². The number of hydrogen-bond donors (Lipinski definition) is 2. The Labute approximate surface area is 155 Å². The van der Waals surface area contributed by atoms with Crippen LogP contribution in [0.4, 0.5) is 0 Å². The molecule has 1 heterocycles. The number of sulfonamides is 2. The average Bonchev–Trinajstić information content (AvgIpc) is 3.14. The fourth-order valence-corrected chi connectivity index (χ4v) is 5.77. The second-order valence-corrected chi connectivity index (χ2v) is 10.4. The molecule has 146 valence electrons. The van der Waals surface area contributed by atoms with Crippen molar-refractivity contribution >= 4 is 20.0 Å². The second-order valence-electron chi connectivity index (χ2n) is 6.91. The monoisotopic (exact) mass is 402 g/mol. The highest BCUT2D eigenvalue weighted by Gasteiger charge is 2.23. The Morgan fingerprint density at radius 1 is 0.846 bits per heavy atom. The van der Waals surface area contributed by atoms with Gasteiger partial charge in [-0.25, -0.2) is 26.3 Å². The summed E-state index contributed by atoms with van der Waals surface area (Å²) in [5.74, 6) is 0. The fourth-order valence-electron chi connectivity index (χ4n) is 3.40. The number of nitrogens with one attached hydrogen (secondary N) is 2. The van der Waals surface area contributed by atoms with Crippen molar-refractivity contribution in [1.29, 1.82) is 0 Å². The summed E-state index contributed by atoms with van der Waals surface area (Å²) in [6.07, 6.45) is 6.58. The van der Waals surface area contributed by atoms with Crippen molar-refractivity contribution in [2.75, 3.05) is 13.2 Å². The van der Waals surface area contributed by atoms with Gasteiger partial charge in [0.25, 0.3) is 0 Å². The molecule has 26 heavy (non-hydrogen) atoms. The summed E-state index contributed by atoms with van der Waals surface area (Å²) in [7, 11) is -7.32. The third kappa shape index (κ3) is 5.04. The van der Waals surface area contributed by atoms with Crippen LogP contribution in [0.1, 0.15) is 44.9 Å². The van der Waals surface area contributed by atoms with Crippen molar-refractivity contribution < 1.29 is 21.6 Å². The Bertz CT molecular complexity index is 794. The Hall–Kier alpha value is -1.00. The van der Waals surface area contributed by atoms with E-state index in [9.17, 15) is 16.8 Å². The van der Waals surface area contributed by atoms with Crippen LogP contribution in [0, 0.1) is 0 Å². The first-order valence-corrected chi connectivity index (χ1v) is 12.1. The Kier molecular flexibility index (Phi) is 6.34. The lowest BCUT2D eigenvalue weighted by Crippen LogP contribution is -2.36. The van der Waals surface area contributed by atoms with Crippen LogP contribution in [0.3, 0.4) is 0 Å². The van der Waals surface area contributed by atoms with E-state index in [1.165, 1.54) is 24.3 Å². The summed E-state index contributed by atoms with van der Waals surface area (Å²) in [5.41, 5.74) is 0. The Morgan fingerprint density at radius 3 is 2.04 bits per heavy atom. The smallest absolute Gasteiger partial charge is 0.240 e. The molecular formula is C17H26N2O5S2. The SMILES string of the molecule is O=S(=O)(NCC1CCCO1)c1ccc(S(=O)(=O)NC2CCCCC2)cc1. The van der Waals surface area contributed by atoms with Crippen LogP contribution in [-0.2, 0) is 24.8 Å². The van der Waals surface area contributed by atoms with Gasteiger partial charge in [-0.1, -0.05) is 19.3 Å². The van der Waals surface area contributed by atoms with E-state index in [1.807, 2.05) is 0 Å². The third-order valence-corrected chi connectivity index (χ3v) is 7.87. The summed E-state index contributed by atoms with van der Waals surface area (Å²) < 4.78 is 60.3. The zero-order chi connectivity index (χ0) is 18.6. The molecule has 1 saturated heterocycles. The Morgan fingerprint density at radius 2 is 1.46 bits per heavy atom. The summed E-state index contributed by atoms with van der Waals surface area (Å²) in [5, 5.41) is 0. The maximum atomic E-state index is 12.5. The normalized spacial score (nSPS) is 22.5. The van der Waals surface area contributed by atoms with Crippen molar-refractivity contribution in [2.45, 2.75) is 66.9 Å². The first-order chi connectivity index (χ1) is 12.4.